The second-order valence-electron chi connectivity index (χ2n) is 8.62. The predicted molar refractivity (Wildman–Crippen MR) is 124 cm³/mol. The molecule has 0 bridgehead atoms. The van der Waals surface area contributed by atoms with E-state index in [9.17, 15) is 14.4 Å². The van der Waals surface area contributed by atoms with Gasteiger partial charge in [-0.05, 0) is 44.0 Å². The topological polar surface area (TPSA) is 91.5 Å². The van der Waals surface area contributed by atoms with Gasteiger partial charge in [0.1, 0.15) is 0 Å². The lowest BCUT2D eigenvalue weighted by Gasteiger charge is -2.31. The molecule has 7 heteroatoms. The van der Waals surface area contributed by atoms with Crippen molar-refractivity contribution in [3.8, 4) is 0 Å². The van der Waals surface area contributed by atoms with Gasteiger partial charge in [-0.2, -0.15) is 0 Å². The third-order valence-corrected chi connectivity index (χ3v) is 6.32. The maximum absolute atomic E-state index is 12.9. The van der Waals surface area contributed by atoms with Gasteiger partial charge in [-0.15, -0.1) is 0 Å². The zero-order valence-electron chi connectivity index (χ0n) is 19.4. The summed E-state index contributed by atoms with van der Waals surface area (Å²) in [5.74, 6) is -1.03. The number of nitrogens with one attached hydrogen (secondary N) is 2. The summed E-state index contributed by atoms with van der Waals surface area (Å²) in [6.07, 6.45) is 6.22. The van der Waals surface area contributed by atoms with E-state index in [1.807, 2.05) is 24.3 Å². The molecule has 0 atom stereocenters. The SMILES string of the molecule is COC(=O)c1c(CC(=O)Nc2ccccc2CN(C)C2CCCCC2)[nH]c(C(C)=O)c1C. The lowest BCUT2D eigenvalue weighted by Crippen LogP contribution is -2.33. The lowest BCUT2D eigenvalue weighted by molar-refractivity contribution is -0.115. The van der Waals surface area contributed by atoms with Crippen molar-refractivity contribution >= 4 is 23.3 Å². The Kier molecular flexibility index (Phi) is 7.85. The zero-order valence-corrected chi connectivity index (χ0v) is 19.4. The Morgan fingerprint density at radius 1 is 1.16 bits per heavy atom. The molecule has 1 fully saturated rings. The number of carbonyl (C=O) groups is 3. The van der Waals surface area contributed by atoms with E-state index in [1.165, 1.54) is 46.1 Å². The van der Waals surface area contributed by atoms with Gasteiger partial charge in [0.05, 0.1) is 24.8 Å². The van der Waals surface area contributed by atoms with Crippen LogP contribution in [0.25, 0.3) is 0 Å². The summed E-state index contributed by atoms with van der Waals surface area (Å²) in [6, 6.07) is 8.36. The third kappa shape index (κ3) is 5.46. The molecule has 0 aliphatic heterocycles. The minimum absolute atomic E-state index is 0.0641. The molecule has 2 aromatic rings. The number of aromatic amines is 1. The fraction of sp³-hybridized carbons (Fsp3) is 0.480. The van der Waals surface area contributed by atoms with E-state index in [0.717, 1.165) is 17.8 Å². The molecule has 0 unspecified atom stereocenters. The van der Waals surface area contributed by atoms with Crippen LogP contribution in [-0.4, -0.2) is 47.7 Å². The number of aromatic nitrogens is 1. The van der Waals surface area contributed by atoms with Crippen molar-refractivity contribution in [1.82, 2.24) is 9.88 Å². The third-order valence-electron chi connectivity index (χ3n) is 6.32. The Morgan fingerprint density at radius 3 is 2.50 bits per heavy atom. The Hall–Kier alpha value is -2.93. The summed E-state index contributed by atoms with van der Waals surface area (Å²) in [5, 5.41) is 2.99. The Bertz CT molecular complexity index is 989. The van der Waals surface area contributed by atoms with Crippen LogP contribution in [0.15, 0.2) is 24.3 Å². The molecular weight excluding hydrogens is 406 g/mol. The summed E-state index contributed by atoms with van der Waals surface area (Å²) in [7, 11) is 3.42. The first kappa shape index (κ1) is 23.7. The van der Waals surface area contributed by atoms with Crippen LogP contribution < -0.4 is 5.32 Å². The maximum Gasteiger partial charge on any atom is 0.339 e. The maximum atomic E-state index is 12.9. The number of benzene rings is 1. The average Bonchev–Trinajstić information content (AvgIpc) is 3.11. The minimum atomic E-state index is -0.566. The van der Waals surface area contributed by atoms with Crippen LogP contribution in [0.4, 0.5) is 5.69 Å². The van der Waals surface area contributed by atoms with Crippen molar-refractivity contribution in [2.24, 2.45) is 0 Å². The molecular formula is C25H33N3O4. The molecule has 172 valence electrons. The highest BCUT2D eigenvalue weighted by molar-refractivity contribution is 6.02. The van der Waals surface area contributed by atoms with Crippen LogP contribution in [0.3, 0.4) is 0 Å². The van der Waals surface area contributed by atoms with Gasteiger partial charge < -0.3 is 15.0 Å². The number of Topliss-reactive ketones (excluding diaryl/α,β-unsaturated/α-hetero) is 1. The fourth-order valence-electron chi connectivity index (χ4n) is 4.58. The van der Waals surface area contributed by atoms with Crippen molar-refractivity contribution in [3.63, 3.8) is 0 Å². The largest absolute Gasteiger partial charge is 0.465 e. The highest BCUT2D eigenvalue weighted by Gasteiger charge is 2.25. The van der Waals surface area contributed by atoms with Gasteiger partial charge in [-0.25, -0.2) is 4.79 Å². The number of H-pyrrole nitrogens is 1. The van der Waals surface area contributed by atoms with Crippen molar-refractivity contribution < 1.29 is 19.1 Å². The van der Waals surface area contributed by atoms with Gasteiger partial charge in [0.25, 0.3) is 0 Å². The second-order valence-corrected chi connectivity index (χ2v) is 8.62. The number of nitrogens with zero attached hydrogens (tertiary/aromatic N) is 1. The smallest absolute Gasteiger partial charge is 0.339 e. The average molecular weight is 440 g/mol. The molecule has 0 spiro atoms. The number of methoxy groups -OCH3 is 1. The van der Waals surface area contributed by atoms with E-state index >= 15 is 0 Å². The molecule has 7 nitrogen and oxygen atoms in total. The van der Waals surface area contributed by atoms with Crippen molar-refractivity contribution in [2.45, 2.75) is 65.0 Å². The van der Waals surface area contributed by atoms with Gasteiger partial charge in [-0.1, -0.05) is 37.5 Å². The summed E-state index contributed by atoms with van der Waals surface area (Å²) in [5.41, 5.74) is 3.26. The van der Waals surface area contributed by atoms with Gasteiger partial charge in [0, 0.05) is 30.9 Å². The number of ketones is 1. The Balaban J connectivity index is 1.75. The standard InChI is InChI=1S/C25H33N3O4/c1-16-23(25(31)32-4)21(27-24(16)17(2)29)14-22(30)26-20-13-9-8-10-18(20)15-28(3)19-11-6-5-7-12-19/h8-10,13,19,27H,5-7,11-12,14-15H2,1-4H3,(H,26,30). The predicted octanol–water partition coefficient (Wildman–Crippen LogP) is 4.26. The highest BCUT2D eigenvalue weighted by atomic mass is 16.5. The zero-order chi connectivity index (χ0) is 23.3. The number of carbonyl (C=O) groups excluding carboxylic acids is 3. The fourth-order valence-corrected chi connectivity index (χ4v) is 4.58. The van der Waals surface area contributed by atoms with Crippen LogP contribution in [0.1, 0.15) is 76.7 Å². The molecule has 1 saturated carbocycles. The number of amides is 1. The Labute approximate surface area is 189 Å². The normalized spacial score (nSPS) is 14.4. The molecule has 1 heterocycles. The summed E-state index contributed by atoms with van der Waals surface area (Å²) in [4.78, 5) is 42.4. The van der Waals surface area contributed by atoms with Crippen LogP contribution in [0, 0.1) is 6.92 Å². The van der Waals surface area contributed by atoms with E-state index in [1.54, 1.807) is 6.92 Å². The van der Waals surface area contributed by atoms with Crippen molar-refractivity contribution in [3.05, 3.63) is 52.3 Å². The minimum Gasteiger partial charge on any atom is -0.465 e. The first-order valence-electron chi connectivity index (χ1n) is 11.2. The highest BCUT2D eigenvalue weighted by Crippen LogP contribution is 2.25. The molecule has 3 rings (SSSR count). The number of hydrogen-bond acceptors (Lipinski definition) is 5. The summed E-state index contributed by atoms with van der Waals surface area (Å²) < 4.78 is 4.86. The molecule has 1 aromatic carbocycles. The van der Waals surface area contributed by atoms with E-state index in [0.29, 0.717) is 23.0 Å². The van der Waals surface area contributed by atoms with Gasteiger partial charge in [0.2, 0.25) is 5.91 Å². The van der Waals surface area contributed by atoms with Gasteiger partial charge in [0.15, 0.2) is 5.78 Å². The number of para-hydroxylation sites is 1. The van der Waals surface area contributed by atoms with E-state index in [4.69, 9.17) is 4.74 Å². The summed E-state index contributed by atoms with van der Waals surface area (Å²) >= 11 is 0. The molecule has 0 radical (unpaired) electrons. The first-order chi connectivity index (χ1) is 15.3. The molecule has 32 heavy (non-hydrogen) atoms. The molecule has 1 aromatic heterocycles. The van der Waals surface area contributed by atoms with Crippen LogP contribution in [0.2, 0.25) is 0 Å². The van der Waals surface area contributed by atoms with E-state index < -0.39 is 5.97 Å². The van der Waals surface area contributed by atoms with Gasteiger partial charge in [-0.3, -0.25) is 14.5 Å². The van der Waals surface area contributed by atoms with Crippen molar-refractivity contribution in [1.29, 1.82) is 0 Å². The molecule has 1 aliphatic carbocycles. The van der Waals surface area contributed by atoms with Crippen LogP contribution in [0.5, 0.6) is 0 Å². The first-order valence-corrected chi connectivity index (χ1v) is 11.2. The number of rotatable bonds is 8. The molecule has 1 amide bonds. The number of esters is 1. The van der Waals surface area contributed by atoms with Crippen molar-refractivity contribution in [2.75, 3.05) is 19.5 Å². The Morgan fingerprint density at radius 2 is 1.84 bits per heavy atom. The number of anilines is 1. The lowest BCUT2D eigenvalue weighted by atomic mass is 9.94. The van der Waals surface area contributed by atoms with Gasteiger partial charge >= 0.3 is 5.97 Å². The molecule has 1 aliphatic rings. The van der Waals surface area contributed by atoms with Crippen LogP contribution in [-0.2, 0) is 22.5 Å². The quantitative estimate of drug-likeness (QED) is 0.474. The van der Waals surface area contributed by atoms with Crippen LogP contribution >= 0.6 is 0 Å². The molecule has 2 N–H and O–H groups in total. The monoisotopic (exact) mass is 439 g/mol. The molecule has 0 saturated heterocycles. The second kappa shape index (κ2) is 10.6. The number of ether oxygens (including phenoxy) is 1. The van der Waals surface area contributed by atoms with E-state index in [2.05, 4.69) is 22.2 Å². The number of hydrogen-bond donors (Lipinski definition) is 2. The van der Waals surface area contributed by atoms with E-state index in [-0.39, 0.29) is 23.7 Å². The summed E-state index contributed by atoms with van der Waals surface area (Å²) in [6.45, 7) is 3.85.